The van der Waals surface area contributed by atoms with Crippen LogP contribution in [0.4, 0.5) is 0 Å². The van der Waals surface area contributed by atoms with Crippen molar-refractivity contribution in [2.24, 2.45) is 0 Å². The Bertz CT molecular complexity index is 163. The van der Waals surface area contributed by atoms with Gasteiger partial charge in [-0.05, 0) is 0 Å². The number of hydrogen-bond acceptors (Lipinski definition) is 1. The second kappa shape index (κ2) is 222. The molecule has 0 spiro atoms. The Morgan fingerprint density at radius 1 is 0.600 bits per heavy atom. The van der Waals surface area contributed by atoms with Crippen LogP contribution in [0.15, 0.2) is 0 Å². The van der Waals surface area contributed by atoms with E-state index in [1.54, 1.807) is 0 Å². The van der Waals surface area contributed by atoms with Gasteiger partial charge in [0.25, 0.3) is 0 Å². The Morgan fingerprint density at radius 2 is 0.700 bits per heavy atom. The second-order valence-electron chi connectivity index (χ2n) is 0.987. The van der Waals surface area contributed by atoms with Crippen LogP contribution in [-0.2, 0) is 62.1 Å². The van der Waals surface area contributed by atoms with Gasteiger partial charge >= 0.3 is 122 Å². The fourth-order valence-corrected chi connectivity index (χ4v) is 1.30. The third kappa shape index (κ3) is 282. The van der Waals surface area contributed by atoms with Gasteiger partial charge in [-0.3, -0.25) is 0 Å². The summed E-state index contributed by atoms with van der Waals surface area (Å²) >= 11 is 5.45. The summed E-state index contributed by atoms with van der Waals surface area (Å²) < 4.78 is 45.0. The number of hydrogen-bond donors (Lipinski definition) is 1. The zero-order valence-corrected chi connectivity index (χ0v) is 15.0. The van der Waals surface area contributed by atoms with Crippen LogP contribution in [0.2, 0.25) is 10.6 Å². The Hall–Kier alpha value is 0.478. The first kappa shape index (κ1) is 59.0. The summed E-state index contributed by atoms with van der Waals surface area (Å²) in [4.78, 5) is 0. The molecule has 0 amide bonds. The van der Waals surface area contributed by atoms with Crippen LogP contribution in [0.25, 0.3) is 0 Å². The van der Waals surface area contributed by atoms with E-state index in [4.69, 9.17) is 33.0 Å². The molecule has 0 aromatic rings. The van der Waals surface area contributed by atoms with Crippen molar-refractivity contribution in [3.63, 3.8) is 0 Å². The summed E-state index contributed by atoms with van der Waals surface area (Å²) in [6, 6.07) is 0. The van der Waals surface area contributed by atoms with Crippen molar-refractivity contribution in [3.8, 4) is 0 Å². The maximum absolute atomic E-state index is 8.60. The van der Waals surface area contributed by atoms with Gasteiger partial charge in [0.15, 0.2) is 0 Å². The minimum atomic E-state index is -0.176. The Kier molecular flexibility index (Phi) is 653. The molecule has 0 aliphatic heterocycles. The van der Waals surface area contributed by atoms with Gasteiger partial charge in [0.2, 0.25) is 0 Å². The van der Waals surface area contributed by atoms with E-state index in [9.17, 15) is 0 Å². The van der Waals surface area contributed by atoms with Crippen molar-refractivity contribution >= 4 is 32.0 Å². The summed E-state index contributed by atoms with van der Waals surface area (Å²) in [6.45, 7) is 27.0. The van der Waals surface area contributed by atoms with E-state index >= 15 is 0 Å². The first-order chi connectivity index (χ1) is 8.81. The molecule has 0 saturated carbocycles. The molecule has 0 aliphatic rings. The van der Waals surface area contributed by atoms with Crippen molar-refractivity contribution in [1.82, 2.24) is 0 Å². The van der Waals surface area contributed by atoms with E-state index in [0.29, 0.717) is 0 Å². The van der Waals surface area contributed by atoms with E-state index in [0.717, 1.165) is 10.6 Å². The fraction of sp³-hybridized carbons (Fsp3) is 0.333. The van der Waals surface area contributed by atoms with Crippen LogP contribution < -0.4 is 0 Å². The molecule has 20 heavy (non-hydrogen) atoms. The Balaban J connectivity index is -0.0000000109. The normalized spacial score (nSPS) is 3.60. The molecule has 1 N–H and O–H groups in total. The van der Waals surface area contributed by atoms with Gasteiger partial charge in [-0.15, -0.1) is 0 Å². The van der Waals surface area contributed by atoms with Crippen LogP contribution in [-0.4, -0.2) is 43.2 Å². The fourth-order valence-electron chi connectivity index (χ4n) is 0.0481. The number of aliphatic hydroxyl groups is 1. The van der Waals surface area contributed by atoms with Crippen LogP contribution in [0.5, 0.6) is 0 Å². The SMILES string of the molecule is OC(C[Se])C[Se].[C-]#[O+].[C-]#[O+].[C-]#[O+].[C-]#[O+].[C-]#[O+].[C-]#[O+].[Fe].[Fe]. The molecular formula is C9H6Fe2O7Se2. The van der Waals surface area contributed by atoms with Gasteiger partial charge in [0, 0.05) is 34.1 Å². The molecule has 0 saturated heterocycles. The van der Waals surface area contributed by atoms with Crippen LogP contribution in [0.3, 0.4) is 0 Å². The standard InChI is InChI=1S/C3H6OSe2.6CO.2Fe/c4-3(1-5)2-6;6*1-2;;/h3-4H,1-2H2;;;;;;;;. The van der Waals surface area contributed by atoms with Gasteiger partial charge in [0.1, 0.15) is 0 Å². The average Bonchev–Trinajstić information content (AvgIpc) is 2.57. The van der Waals surface area contributed by atoms with Gasteiger partial charge in [0.05, 0.1) is 0 Å². The first-order valence-corrected chi connectivity index (χ1v) is 5.30. The molecule has 11 heteroatoms. The van der Waals surface area contributed by atoms with Gasteiger partial charge in [-0.2, -0.15) is 0 Å². The van der Waals surface area contributed by atoms with Crippen molar-refractivity contribution in [3.05, 3.63) is 39.9 Å². The van der Waals surface area contributed by atoms with Crippen molar-refractivity contribution in [1.29, 1.82) is 0 Å². The molecule has 0 unspecified atom stereocenters. The Labute approximate surface area is 155 Å². The van der Waals surface area contributed by atoms with E-state index in [1.807, 2.05) is 0 Å². The summed E-state index contributed by atoms with van der Waals surface area (Å²) in [6.07, 6.45) is -0.176. The molecular weight excluding hydrogens is 490 g/mol. The van der Waals surface area contributed by atoms with Gasteiger partial charge in [-0.1, -0.05) is 0 Å². The van der Waals surface area contributed by atoms with E-state index in [2.05, 4.69) is 71.9 Å². The monoisotopic (exact) mass is 498 g/mol. The summed E-state index contributed by atoms with van der Waals surface area (Å²) in [5.41, 5.74) is 0. The molecule has 0 aromatic heterocycles. The van der Waals surface area contributed by atoms with Crippen molar-refractivity contribution in [2.45, 2.75) is 16.7 Å². The molecule has 0 aromatic carbocycles. The van der Waals surface area contributed by atoms with E-state index in [1.165, 1.54) is 0 Å². The molecule has 0 aliphatic carbocycles. The molecule has 112 valence electrons. The van der Waals surface area contributed by atoms with E-state index < -0.39 is 0 Å². The molecule has 0 fully saturated rings. The quantitative estimate of drug-likeness (QED) is 0.302. The third-order valence-corrected chi connectivity index (χ3v) is 2.00. The largest absolute Gasteiger partial charge is 0 e. The maximum atomic E-state index is 8.60. The molecule has 7 nitrogen and oxygen atoms in total. The minimum Gasteiger partial charge on any atom is 0 e. The zero-order valence-electron chi connectivity index (χ0n) is 9.41. The predicted molar refractivity (Wildman–Crippen MR) is 50.7 cm³/mol. The molecule has 0 rings (SSSR count). The van der Waals surface area contributed by atoms with Crippen LogP contribution in [0, 0.1) is 39.9 Å². The predicted octanol–water partition coefficient (Wildman–Crippen LogP) is -0.709. The zero-order chi connectivity index (χ0) is 17.0. The molecule has 0 heterocycles. The molecule has 0 atom stereocenters. The summed E-state index contributed by atoms with van der Waals surface area (Å²) in [7, 11) is 0. The Morgan fingerprint density at radius 3 is 0.700 bits per heavy atom. The van der Waals surface area contributed by atoms with Gasteiger partial charge in [-0.25, -0.2) is 0 Å². The van der Waals surface area contributed by atoms with Crippen LogP contribution in [0.1, 0.15) is 0 Å². The maximum Gasteiger partial charge on any atom is 0 e. The minimum absolute atomic E-state index is 0. The molecule has 0 bridgehead atoms. The first-order valence-electron chi connectivity index (χ1n) is 2.88. The van der Waals surface area contributed by atoms with E-state index in [-0.39, 0.29) is 40.2 Å². The van der Waals surface area contributed by atoms with Crippen molar-refractivity contribution < 1.29 is 67.2 Å². The number of aliphatic hydroxyl groups excluding tert-OH is 1. The van der Waals surface area contributed by atoms with Crippen LogP contribution >= 0.6 is 0 Å². The summed E-state index contributed by atoms with van der Waals surface area (Å²) in [5, 5.41) is 10.1. The smallest absolute Gasteiger partial charge is 0 e. The molecule has 2 radical (unpaired) electrons. The third-order valence-electron chi connectivity index (χ3n) is 0.385. The average molecular weight is 496 g/mol. The topological polar surface area (TPSA) is 140 Å². The second-order valence-corrected chi connectivity index (χ2v) is 2.39. The summed E-state index contributed by atoms with van der Waals surface area (Å²) in [5.74, 6) is 0. The number of rotatable bonds is 2. The van der Waals surface area contributed by atoms with Crippen molar-refractivity contribution in [2.75, 3.05) is 0 Å². The van der Waals surface area contributed by atoms with Gasteiger partial charge < -0.3 is 0 Å².